The highest BCUT2D eigenvalue weighted by Gasteiger charge is 2.41. The molecule has 254 valence electrons. The van der Waals surface area contributed by atoms with Crippen LogP contribution in [0.3, 0.4) is 0 Å². The lowest BCUT2D eigenvalue weighted by molar-refractivity contribution is -0.143. The molecule has 0 spiro atoms. The molecular weight excluding hydrogens is 576 g/mol. The summed E-state index contributed by atoms with van der Waals surface area (Å²) in [5, 5.41) is 9.14. The number of methoxy groups -OCH3 is 2. The van der Waals surface area contributed by atoms with Crippen LogP contribution in [0.1, 0.15) is 71.8 Å². The van der Waals surface area contributed by atoms with Gasteiger partial charge in [0.2, 0.25) is 17.7 Å². The summed E-state index contributed by atoms with van der Waals surface area (Å²) in [6.07, 6.45) is 2.97. The number of nitrogens with one attached hydrogen (secondary N) is 3. The molecule has 1 aromatic carbocycles. The van der Waals surface area contributed by atoms with E-state index in [1.54, 1.807) is 28.1 Å². The highest BCUT2D eigenvalue weighted by Crippen LogP contribution is 2.28. The van der Waals surface area contributed by atoms with E-state index in [9.17, 15) is 19.2 Å². The molecule has 11 nitrogen and oxygen atoms in total. The van der Waals surface area contributed by atoms with E-state index in [0.29, 0.717) is 38.3 Å². The first-order valence-electron chi connectivity index (χ1n) is 16.4. The highest BCUT2D eigenvalue weighted by molar-refractivity contribution is 5.89. The van der Waals surface area contributed by atoms with Crippen LogP contribution in [0, 0.1) is 11.8 Å². The number of carbonyl (C=O) groups excluding carboxylic acids is 4. The van der Waals surface area contributed by atoms with Crippen molar-refractivity contribution in [3.8, 4) is 0 Å². The van der Waals surface area contributed by atoms with Crippen molar-refractivity contribution in [3.05, 3.63) is 35.9 Å². The molecule has 1 fully saturated rings. The number of ether oxygens (including phenoxy) is 3. The van der Waals surface area contributed by atoms with Gasteiger partial charge in [0.1, 0.15) is 6.04 Å². The summed E-state index contributed by atoms with van der Waals surface area (Å²) in [4.78, 5) is 53.7. The van der Waals surface area contributed by atoms with Crippen LogP contribution in [0.2, 0.25) is 0 Å². The van der Waals surface area contributed by atoms with Crippen molar-refractivity contribution < 1.29 is 33.4 Å². The van der Waals surface area contributed by atoms with Gasteiger partial charge in [-0.05, 0) is 37.8 Å². The number of hydrogen-bond donors (Lipinski definition) is 3. The predicted octanol–water partition coefficient (Wildman–Crippen LogP) is 2.85. The lowest BCUT2D eigenvalue weighted by Crippen LogP contribution is -2.54. The standard InChI is InChI=1S/C34H56N4O7/c1-8-23(3)31(35-5)28(43-6)22-29(39)38-19-13-17-27(38)32(44-7)24(4)33(41)37-26(21-25-15-11-10-12-16-25)34(42)36-18-14-20-45-30(40)9-2/h10-12,15-16,23-24,26-28,31-32,35H,8-9,13-14,17-22H2,1-7H3,(H,36,42)(H,37,41)/t23-,24?,26-,27-,28+,31-,32+/m0/s1. The van der Waals surface area contributed by atoms with Crippen molar-refractivity contribution in [2.75, 3.05) is 41.0 Å². The minimum atomic E-state index is -0.819. The zero-order valence-electron chi connectivity index (χ0n) is 28.3. The molecule has 0 bridgehead atoms. The van der Waals surface area contributed by atoms with Gasteiger partial charge in [0.05, 0.1) is 37.2 Å². The number of hydrogen-bond acceptors (Lipinski definition) is 8. The molecule has 1 aliphatic heterocycles. The van der Waals surface area contributed by atoms with Gasteiger partial charge >= 0.3 is 5.97 Å². The normalized spacial score (nSPS) is 18.7. The Bertz CT molecular complexity index is 1060. The molecule has 0 aliphatic carbocycles. The molecule has 1 aromatic rings. The van der Waals surface area contributed by atoms with Crippen LogP contribution in [0.25, 0.3) is 0 Å². The maximum atomic E-state index is 13.7. The summed E-state index contributed by atoms with van der Waals surface area (Å²) in [6, 6.07) is 8.43. The SMILES string of the molecule is CCC(=O)OCCCNC(=O)[C@H](Cc1ccccc1)NC(=O)C(C)[C@@H](OC)[C@@H]1CCCN1C(=O)C[C@@H](OC)[C@@H](NC)[C@@H](C)CC. The molecule has 2 rings (SSSR count). The van der Waals surface area contributed by atoms with Crippen LogP contribution < -0.4 is 16.0 Å². The van der Waals surface area contributed by atoms with E-state index in [1.165, 1.54) is 0 Å². The van der Waals surface area contributed by atoms with E-state index >= 15 is 0 Å². The van der Waals surface area contributed by atoms with Crippen molar-refractivity contribution in [3.63, 3.8) is 0 Å². The molecule has 1 heterocycles. The van der Waals surface area contributed by atoms with Crippen LogP contribution >= 0.6 is 0 Å². The highest BCUT2D eigenvalue weighted by atomic mass is 16.5. The Balaban J connectivity index is 2.11. The first-order chi connectivity index (χ1) is 21.6. The van der Waals surface area contributed by atoms with Crippen LogP contribution in [0.4, 0.5) is 0 Å². The summed E-state index contributed by atoms with van der Waals surface area (Å²) >= 11 is 0. The van der Waals surface area contributed by atoms with Gasteiger partial charge in [-0.1, -0.05) is 64.4 Å². The van der Waals surface area contributed by atoms with Gasteiger partial charge in [0.25, 0.3) is 0 Å². The Morgan fingerprint density at radius 2 is 1.73 bits per heavy atom. The zero-order valence-corrected chi connectivity index (χ0v) is 28.3. The molecule has 45 heavy (non-hydrogen) atoms. The van der Waals surface area contributed by atoms with Gasteiger partial charge in [-0.25, -0.2) is 0 Å². The molecule has 1 aliphatic rings. The fourth-order valence-electron chi connectivity index (χ4n) is 6.08. The molecular formula is C34H56N4O7. The van der Waals surface area contributed by atoms with Crippen LogP contribution in [0.5, 0.6) is 0 Å². The molecule has 0 saturated carbocycles. The van der Waals surface area contributed by atoms with E-state index in [4.69, 9.17) is 14.2 Å². The number of rotatable bonds is 20. The maximum absolute atomic E-state index is 13.7. The second-order valence-electron chi connectivity index (χ2n) is 11.9. The van der Waals surface area contributed by atoms with E-state index in [1.807, 2.05) is 42.3 Å². The Morgan fingerprint density at radius 1 is 1.02 bits per heavy atom. The average molecular weight is 633 g/mol. The topological polar surface area (TPSA) is 135 Å². The Morgan fingerprint density at radius 3 is 2.33 bits per heavy atom. The number of nitrogens with zero attached hydrogens (tertiary/aromatic N) is 1. The minimum Gasteiger partial charge on any atom is -0.466 e. The van der Waals surface area contributed by atoms with Gasteiger partial charge in [-0.15, -0.1) is 0 Å². The molecule has 3 N–H and O–H groups in total. The minimum absolute atomic E-state index is 0.0199. The molecule has 1 saturated heterocycles. The lowest BCUT2D eigenvalue weighted by atomic mass is 9.91. The number of esters is 1. The third-order valence-electron chi connectivity index (χ3n) is 8.93. The first-order valence-corrected chi connectivity index (χ1v) is 16.4. The van der Waals surface area contributed by atoms with Crippen LogP contribution in [-0.4, -0.2) is 99.9 Å². The van der Waals surface area contributed by atoms with Crippen molar-refractivity contribution >= 4 is 23.7 Å². The smallest absolute Gasteiger partial charge is 0.305 e. The second-order valence-corrected chi connectivity index (χ2v) is 11.9. The molecule has 3 amide bonds. The molecule has 11 heteroatoms. The summed E-state index contributed by atoms with van der Waals surface area (Å²) in [5.74, 6) is -1.25. The van der Waals surface area contributed by atoms with Crippen LogP contribution in [-0.2, 0) is 39.8 Å². The summed E-state index contributed by atoms with van der Waals surface area (Å²) in [5.41, 5.74) is 0.906. The summed E-state index contributed by atoms with van der Waals surface area (Å²) < 4.78 is 16.8. The van der Waals surface area contributed by atoms with E-state index in [2.05, 4.69) is 29.8 Å². The fraction of sp³-hybridized carbons (Fsp3) is 0.706. The predicted molar refractivity (Wildman–Crippen MR) is 173 cm³/mol. The lowest BCUT2D eigenvalue weighted by Gasteiger charge is -2.36. The van der Waals surface area contributed by atoms with Crippen molar-refractivity contribution in [2.45, 2.75) is 103 Å². The van der Waals surface area contributed by atoms with E-state index < -0.39 is 18.1 Å². The monoisotopic (exact) mass is 632 g/mol. The van der Waals surface area contributed by atoms with Crippen molar-refractivity contribution in [1.82, 2.24) is 20.9 Å². The van der Waals surface area contributed by atoms with Gasteiger partial charge in [0.15, 0.2) is 0 Å². The third-order valence-corrected chi connectivity index (χ3v) is 8.93. The van der Waals surface area contributed by atoms with Crippen molar-refractivity contribution in [1.29, 1.82) is 0 Å². The summed E-state index contributed by atoms with van der Waals surface area (Å²) in [6.45, 7) is 8.88. The number of amides is 3. The quantitative estimate of drug-likeness (QED) is 0.148. The average Bonchev–Trinajstić information content (AvgIpc) is 3.54. The molecule has 1 unspecified atom stereocenters. The largest absolute Gasteiger partial charge is 0.466 e. The van der Waals surface area contributed by atoms with Gasteiger partial charge in [-0.3, -0.25) is 19.2 Å². The number of likely N-dealkylation sites (tertiary alicyclic amines) is 1. The van der Waals surface area contributed by atoms with Crippen LogP contribution in [0.15, 0.2) is 30.3 Å². The zero-order chi connectivity index (χ0) is 33.4. The number of carbonyl (C=O) groups is 4. The van der Waals surface area contributed by atoms with Crippen molar-refractivity contribution in [2.24, 2.45) is 11.8 Å². The molecule has 7 atom stereocenters. The summed E-state index contributed by atoms with van der Waals surface area (Å²) in [7, 11) is 5.09. The molecule has 0 aromatic heterocycles. The Hall–Kier alpha value is -3.02. The Labute approximate surface area is 269 Å². The van der Waals surface area contributed by atoms with E-state index in [0.717, 1.165) is 24.8 Å². The maximum Gasteiger partial charge on any atom is 0.305 e. The Kier molecular flexibility index (Phi) is 17.1. The molecule has 0 radical (unpaired) electrons. The van der Waals surface area contributed by atoms with E-state index in [-0.39, 0.29) is 54.9 Å². The number of benzene rings is 1. The van der Waals surface area contributed by atoms with Gasteiger partial charge in [0, 0.05) is 46.2 Å². The third kappa shape index (κ3) is 11.7. The van der Waals surface area contributed by atoms with Gasteiger partial charge < -0.3 is 35.1 Å². The van der Waals surface area contributed by atoms with Gasteiger partial charge in [-0.2, -0.15) is 0 Å². The second kappa shape index (κ2) is 20.2. The fourth-order valence-corrected chi connectivity index (χ4v) is 6.08. The first kappa shape index (κ1) is 38.2. The number of likely N-dealkylation sites (N-methyl/N-ethyl adjacent to an activating group) is 1.